The predicted molar refractivity (Wildman–Crippen MR) is 93.6 cm³/mol. The lowest BCUT2D eigenvalue weighted by Gasteiger charge is -2.18. The van der Waals surface area contributed by atoms with Gasteiger partial charge in [0.2, 0.25) is 5.91 Å². The van der Waals surface area contributed by atoms with Crippen LogP contribution in [0.4, 0.5) is 0 Å². The number of aromatic nitrogens is 3. The van der Waals surface area contributed by atoms with Crippen LogP contribution in [0, 0.1) is 0 Å². The molecule has 3 aromatic rings. The lowest BCUT2D eigenvalue weighted by molar-refractivity contribution is -0.122. The number of carbonyl (C=O) groups is 1. The number of ether oxygens (including phenoxy) is 2. The molecule has 0 radical (unpaired) electrons. The molecule has 0 saturated heterocycles. The van der Waals surface area contributed by atoms with Crippen molar-refractivity contribution in [2.24, 2.45) is 0 Å². The third-order valence-electron chi connectivity index (χ3n) is 3.99. The molecule has 0 unspecified atom stereocenters. The van der Waals surface area contributed by atoms with Crippen molar-refractivity contribution in [1.29, 1.82) is 0 Å². The van der Waals surface area contributed by atoms with Gasteiger partial charge in [0.1, 0.15) is 23.6 Å². The molecule has 25 heavy (non-hydrogen) atoms. The molecular formula is C18H20N4O3. The first-order valence-corrected chi connectivity index (χ1v) is 7.92. The van der Waals surface area contributed by atoms with Gasteiger partial charge in [-0.15, -0.1) is 5.10 Å². The summed E-state index contributed by atoms with van der Waals surface area (Å²) in [5.74, 6) is 1.24. The van der Waals surface area contributed by atoms with E-state index in [1.807, 2.05) is 49.4 Å². The van der Waals surface area contributed by atoms with Crippen molar-refractivity contribution in [3.8, 4) is 11.5 Å². The van der Waals surface area contributed by atoms with Crippen LogP contribution >= 0.6 is 0 Å². The van der Waals surface area contributed by atoms with E-state index in [9.17, 15) is 4.79 Å². The smallest absolute Gasteiger partial charge is 0.242 e. The van der Waals surface area contributed by atoms with Gasteiger partial charge in [-0.05, 0) is 37.3 Å². The average molecular weight is 340 g/mol. The van der Waals surface area contributed by atoms with Crippen LogP contribution in [0.2, 0.25) is 0 Å². The van der Waals surface area contributed by atoms with Gasteiger partial charge in [-0.2, -0.15) is 0 Å². The number of hydrogen-bond acceptors (Lipinski definition) is 5. The molecule has 0 spiro atoms. The Morgan fingerprint density at radius 2 is 2.00 bits per heavy atom. The molecular weight excluding hydrogens is 320 g/mol. The van der Waals surface area contributed by atoms with Gasteiger partial charge in [0.25, 0.3) is 0 Å². The maximum atomic E-state index is 12.4. The van der Waals surface area contributed by atoms with Gasteiger partial charge >= 0.3 is 0 Å². The molecule has 0 saturated carbocycles. The Balaban J connectivity index is 1.74. The predicted octanol–water partition coefficient (Wildman–Crippen LogP) is 2.33. The van der Waals surface area contributed by atoms with Crippen LogP contribution in [0.25, 0.3) is 11.0 Å². The molecule has 1 amide bonds. The summed E-state index contributed by atoms with van der Waals surface area (Å²) in [4.78, 5) is 12.4. The van der Waals surface area contributed by atoms with E-state index in [1.54, 1.807) is 18.9 Å². The maximum Gasteiger partial charge on any atom is 0.242 e. The van der Waals surface area contributed by atoms with E-state index < -0.39 is 0 Å². The molecule has 130 valence electrons. The van der Waals surface area contributed by atoms with Crippen molar-refractivity contribution in [1.82, 2.24) is 20.3 Å². The quantitative estimate of drug-likeness (QED) is 0.745. The van der Waals surface area contributed by atoms with Gasteiger partial charge in [-0.25, -0.2) is 4.68 Å². The van der Waals surface area contributed by atoms with Crippen LogP contribution in [0.1, 0.15) is 18.5 Å². The van der Waals surface area contributed by atoms with Gasteiger partial charge < -0.3 is 14.8 Å². The van der Waals surface area contributed by atoms with Crippen LogP contribution in [-0.2, 0) is 11.3 Å². The first-order chi connectivity index (χ1) is 12.1. The van der Waals surface area contributed by atoms with E-state index in [0.29, 0.717) is 11.5 Å². The number of benzene rings is 2. The highest BCUT2D eigenvalue weighted by atomic mass is 16.5. The summed E-state index contributed by atoms with van der Waals surface area (Å²) in [7, 11) is 3.20. The van der Waals surface area contributed by atoms with Crippen molar-refractivity contribution in [3.05, 3.63) is 48.0 Å². The van der Waals surface area contributed by atoms with Gasteiger partial charge in [0.15, 0.2) is 0 Å². The van der Waals surface area contributed by atoms with E-state index in [0.717, 1.165) is 16.6 Å². The fourth-order valence-electron chi connectivity index (χ4n) is 2.71. The Hall–Kier alpha value is -3.09. The van der Waals surface area contributed by atoms with Crippen LogP contribution < -0.4 is 14.8 Å². The largest absolute Gasteiger partial charge is 0.497 e. The number of hydrogen-bond donors (Lipinski definition) is 1. The Bertz CT molecular complexity index is 891. The number of fused-ring (bicyclic) bond motifs is 1. The van der Waals surface area contributed by atoms with Crippen molar-refractivity contribution in [2.45, 2.75) is 19.5 Å². The molecule has 0 aliphatic carbocycles. The summed E-state index contributed by atoms with van der Waals surface area (Å²) in [5.41, 5.74) is 2.43. The minimum absolute atomic E-state index is 0.0944. The number of methoxy groups -OCH3 is 2. The van der Waals surface area contributed by atoms with Crippen LogP contribution in [0.15, 0.2) is 42.5 Å². The Kier molecular flexibility index (Phi) is 4.83. The molecule has 1 heterocycles. The summed E-state index contributed by atoms with van der Waals surface area (Å²) < 4.78 is 12.2. The van der Waals surface area contributed by atoms with Crippen molar-refractivity contribution in [3.63, 3.8) is 0 Å². The molecule has 0 aliphatic heterocycles. The molecule has 3 rings (SSSR count). The molecule has 1 atom stereocenters. The third kappa shape index (κ3) is 3.55. The first-order valence-electron chi connectivity index (χ1n) is 7.92. The monoisotopic (exact) mass is 340 g/mol. The zero-order valence-electron chi connectivity index (χ0n) is 14.4. The normalized spacial score (nSPS) is 12.0. The Labute approximate surface area is 145 Å². The zero-order chi connectivity index (χ0) is 17.8. The van der Waals surface area contributed by atoms with Crippen molar-refractivity contribution >= 4 is 16.9 Å². The lowest BCUT2D eigenvalue weighted by atomic mass is 10.1. The van der Waals surface area contributed by atoms with Gasteiger partial charge in [0.05, 0.1) is 25.8 Å². The molecule has 1 N–H and O–H groups in total. The first kappa shape index (κ1) is 16.8. The van der Waals surface area contributed by atoms with E-state index in [2.05, 4.69) is 15.6 Å². The minimum Gasteiger partial charge on any atom is -0.497 e. The summed E-state index contributed by atoms with van der Waals surface area (Å²) in [6.07, 6.45) is 0. The number of rotatable bonds is 6. The van der Waals surface area contributed by atoms with E-state index in [-0.39, 0.29) is 18.5 Å². The molecule has 7 nitrogen and oxygen atoms in total. The molecule has 0 aliphatic rings. The minimum atomic E-state index is -0.243. The van der Waals surface area contributed by atoms with Gasteiger partial charge in [-0.3, -0.25) is 4.79 Å². The second-order valence-electron chi connectivity index (χ2n) is 5.63. The van der Waals surface area contributed by atoms with Crippen molar-refractivity contribution < 1.29 is 14.3 Å². The van der Waals surface area contributed by atoms with E-state index in [1.165, 1.54) is 0 Å². The SMILES string of the molecule is COc1ccc(OC)c([C@@H](C)NC(=O)Cn2nnc3ccccc32)c1. The second-order valence-corrected chi connectivity index (χ2v) is 5.63. The van der Waals surface area contributed by atoms with Crippen LogP contribution in [0.3, 0.4) is 0 Å². The maximum absolute atomic E-state index is 12.4. The highest BCUT2D eigenvalue weighted by molar-refractivity contribution is 5.80. The fraction of sp³-hybridized carbons (Fsp3) is 0.278. The van der Waals surface area contributed by atoms with E-state index in [4.69, 9.17) is 9.47 Å². The number of amides is 1. The summed E-state index contributed by atoms with van der Waals surface area (Å²) in [6.45, 7) is 1.99. The number of para-hydroxylation sites is 1. The van der Waals surface area contributed by atoms with Gasteiger partial charge in [-0.1, -0.05) is 17.3 Å². The molecule has 7 heteroatoms. The van der Waals surface area contributed by atoms with Crippen LogP contribution in [0.5, 0.6) is 11.5 Å². The number of nitrogens with zero attached hydrogens (tertiary/aromatic N) is 3. The zero-order valence-corrected chi connectivity index (χ0v) is 14.4. The van der Waals surface area contributed by atoms with Gasteiger partial charge in [0, 0.05) is 5.56 Å². The molecule has 0 fully saturated rings. The summed E-state index contributed by atoms with van der Waals surface area (Å²) >= 11 is 0. The number of nitrogens with one attached hydrogen (secondary N) is 1. The summed E-state index contributed by atoms with van der Waals surface area (Å²) in [6, 6.07) is 12.8. The molecule has 1 aromatic heterocycles. The highest BCUT2D eigenvalue weighted by Crippen LogP contribution is 2.29. The second kappa shape index (κ2) is 7.21. The molecule has 2 aromatic carbocycles. The van der Waals surface area contributed by atoms with Crippen molar-refractivity contribution in [2.75, 3.05) is 14.2 Å². The van der Waals surface area contributed by atoms with Crippen LogP contribution in [-0.4, -0.2) is 35.1 Å². The topological polar surface area (TPSA) is 78.3 Å². The van der Waals surface area contributed by atoms with E-state index >= 15 is 0 Å². The fourth-order valence-corrected chi connectivity index (χ4v) is 2.71. The molecule has 0 bridgehead atoms. The average Bonchev–Trinajstić information content (AvgIpc) is 3.04. The third-order valence-corrected chi connectivity index (χ3v) is 3.99. The lowest BCUT2D eigenvalue weighted by Crippen LogP contribution is -2.30. The standard InChI is InChI=1S/C18H20N4O3/c1-12(14-10-13(24-2)8-9-17(14)25-3)19-18(23)11-22-16-7-5-4-6-15(16)20-21-22/h4-10,12H,11H2,1-3H3,(H,19,23)/t12-/m1/s1. The number of carbonyl (C=O) groups excluding carboxylic acids is 1. The Morgan fingerprint density at radius 1 is 1.20 bits per heavy atom. The highest BCUT2D eigenvalue weighted by Gasteiger charge is 2.16. The Morgan fingerprint density at radius 3 is 2.76 bits per heavy atom. The summed E-state index contributed by atoms with van der Waals surface area (Å²) in [5, 5.41) is 11.1.